The summed E-state index contributed by atoms with van der Waals surface area (Å²) in [5.41, 5.74) is 0.578. The van der Waals surface area contributed by atoms with Gasteiger partial charge in [0.25, 0.3) is 0 Å². The predicted molar refractivity (Wildman–Crippen MR) is 101 cm³/mol. The third-order valence-electron chi connectivity index (χ3n) is 4.93. The average Bonchev–Trinajstić information content (AvgIpc) is 2.68. The number of nitrogens with one attached hydrogen (secondary N) is 1. The Morgan fingerprint density at radius 1 is 1.15 bits per heavy atom. The summed E-state index contributed by atoms with van der Waals surface area (Å²) in [6.45, 7) is 7.44. The molecule has 0 saturated carbocycles. The molecule has 3 rings (SSSR count). The van der Waals surface area contributed by atoms with Gasteiger partial charge in [-0.2, -0.15) is 4.31 Å². The highest BCUT2D eigenvalue weighted by molar-refractivity contribution is 7.89. The molecule has 27 heavy (non-hydrogen) atoms. The molecular weight excluding hydrogens is 370 g/mol. The minimum atomic E-state index is -3.53. The number of amides is 1. The van der Waals surface area contributed by atoms with Gasteiger partial charge in [-0.3, -0.25) is 9.69 Å². The van der Waals surface area contributed by atoms with E-state index in [9.17, 15) is 13.2 Å². The number of hydrogen-bond donors (Lipinski definition) is 1. The Labute approximate surface area is 160 Å². The quantitative estimate of drug-likeness (QED) is 0.789. The van der Waals surface area contributed by atoms with Crippen LogP contribution in [0.25, 0.3) is 0 Å². The summed E-state index contributed by atoms with van der Waals surface area (Å²) >= 11 is 0. The molecule has 1 aromatic carbocycles. The van der Waals surface area contributed by atoms with Crippen molar-refractivity contribution in [3.05, 3.63) is 24.3 Å². The number of benzene rings is 1. The highest BCUT2D eigenvalue weighted by Crippen LogP contribution is 2.20. The number of carbonyl (C=O) groups excluding carboxylic acids is 1. The van der Waals surface area contributed by atoms with E-state index in [0.717, 1.165) is 6.54 Å². The summed E-state index contributed by atoms with van der Waals surface area (Å²) in [5.74, 6) is -0.118. The lowest BCUT2D eigenvalue weighted by atomic mass is 10.2. The molecule has 2 saturated heterocycles. The topological polar surface area (TPSA) is 88.2 Å². The molecule has 150 valence electrons. The van der Waals surface area contributed by atoms with Crippen molar-refractivity contribution in [1.82, 2.24) is 9.21 Å². The van der Waals surface area contributed by atoms with Crippen LogP contribution in [-0.2, 0) is 24.3 Å². The van der Waals surface area contributed by atoms with Gasteiger partial charge in [-0.1, -0.05) is 0 Å². The van der Waals surface area contributed by atoms with Gasteiger partial charge < -0.3 is 14.8 Å². The zero-order valence-electron chi connectivity index (χ0n) is 15.8. The molecule has 1 amide bonds. The fourth-order valence-corrected chi connectivity index (χ4v) is 4.66. The molecule has 0 aromatic heterocycles. The fraction of sp³-hybridized carbons (Fsp3) is 0.611. The molecule has 0 aliphatic carbocycles. The van der Waals surface area contributed by atoms with E-state index < -0.39 is 10.0 Å². The van der Waals surface area contributed by atoms with E-state index in [1.54, 1.807) is 12.1 Å². The first-order valence-electron chi connectivity index (χ1n) is 9.22. The number of carbonyl (C=O) groups is 1. The van der Waals surface area contributed by atoms with Crippen LogP contribution in [0.1, 0.15) is 13.8 Å². The van der Waals surface area contributed by atoms with Crippen LogP contribution < -0.4 is 5.32 Å². The third-order valence-corrected chi connectivity index (χ3v) is 6.84. The van der Waals surface area contributed by atoms with Gasteiger partial charge >= 0.3 is 0 Å². The summed E-state index contributed by atoms with van der Waals surface area (Å²) in [6, 6.07) is 6.02. The summed E-state index contributed by atoms with van der Waals surface area (Å²) in [7, 11) is -3.53. The Bertz CT molecular complexity index is 747. The predicted octanol–water partition coefficient (Wildman–Crippen LogP) is 0.755. The molecular formula is C18H27N3O5S. The van der Waals surface area contributed by atoms with Gasteiger partial charge in [0.2, 0.25) is 15.9 Å². The van der Waals surface area contributed by atoms with Crippen LogP contribution in [0.4, 0.5) is 5.69 Å². The van der Waals surface area contributed by atoms with Crippen molar-refractivity contribution in [2.45, 2.75) is 30.9 Å². The number of nitrogens with zero attached hydrogens (tertiary/aromatic N) is 2. The second-order valence-corrected chi connectivity index (χ2v) is 8.82. The number of sulfonamides is 1. The number of morpholine rings is 2. The molecule has 2 heterocycles. The van der Waals surface area contributed by atoms with Crippen LogP contribution in [0, 0.1) is 0 Å². The lowest BCUT2D eigenvalue weighted by Crippen LogP contribution is -2.50. The van der Waals surface area contributed by atoms with E-state index in [4.69, 9.17) is 9.47 Å². The van der Waals surface area contributed by atoms with E-state index in [1.807, 2.05) is 13.8 Å². The van der Waals surface area contributed by atoms with Crippen LogP contribution in [0.2, 0.25) is 0 Å². The van der Waals surface area contributed by atoms with Crippen molar-refractivity contribution in [2.24, 2.45) is 0 Å². The van der Waals surface area contributed by atoms with E-state index in [2.05, 4.69) is 10.2 Å². The van der Waals surface area contributed by atoms with Crippen LogP contribution >= 0.6 is 0 Å². The highest BCUT2D eigenvalue weighted by Gasteiger charge is 2.27. The van der Waals surface area contributed by atoms with Crippen molar-refractivity contribution in [2.75, 3.05) is 51.3 Å². The van der Waals surface area contributed by atoms with Crippen molar-refractivity contribution in [3.63, 3.8) is 0 Å². The van der Waals surface area contributed by atoms with Crippen LogP contribution in [0.15, 0.2) is 29.2 Å². The highest BCUT2D eigenvalue weighted by atomic mass is 32.2. The van der Waals surface area contributed by atoms with Gasteiger partial charge in [-0.25, -0.2) is 8.42 Å². The van der Waals surface area contributed by atoms with Crippen molar-refractivity contribution < 1.29 is 22.7 Å². The first-order valence-corrected chi connectivity index (χ1v) is 10.7. The maximum absolute atomic E-state index is 12.6. The average molecular weight is 397 g/mol. The molecule has 2 fully saturated rings. The van der Waals surface area contributed by atoms with Crippen LogP contribution in [0.3, 0.4) is 0 Å². The monoisotopic (exact) mass is 397 g/mol. The van der Waals surface area contributed by atoms with E-state index in [1.165, 1.54) is 16.4 Å². The van der Waals surface area contributed by atoms with Crippen LogP contribution in [0.5, 0.6) is 0 Å². The van der Waals surface area contributed by atoms with E-state index >= 15 is 0 Å². The molecule has 2 atom stereocenters. The Balaban J connectivity index is 1.62. The Hall–Kier alpha value is -1.52. The number of rotatable bonds is 5. The van der Waals surface area contributed by atoms with Gasteiger partial charge in [0, 0.05) is 31.9 Å². The smallest absolute Gasteiger partial charge is 0.243 e. The zero-order valence-corrected chi connectivity index (χ0v) is 16.6. The summed E-state index contributed by atoms with van der Waals surface area (Å²) < 4.78 is 37.4. The molecule has 1 aromatic rings. The lowest BCUT2D eigenvalue weighted by Gasteiger charge is -2.34. The molecule has 9 heteroatoms. The molecule has 0 spiro atoms. The van der Waals surface area contributed by atoms with Crippen molar-refractivity contribution >= 4 is 21.6 Å². The third kappa shape index (κ3) is 4.85. The normalized spacial score (nSPS) is 23.7. The number of anilines is 1. The largest absolute Gasteiger partial charge is 0.379 e. The van der Waals surface area contributed by atoms with E-state index in [-0.39, 0.29) is 22.9 Å². The SMILES string of the molecule is C[C@@H]1CN([C@@H](C)C(=O)Nc2ccc(S(=O)(=O)N3CCOCC3)cc2)CCO1. The number of hydrogen-bond acceptors (Lipinski definition) is 6. The molecule has 1 N–H and O–H groups in total. The van der Waals surface area contributed by atoms with Crippen LogP contribution in [-0.4, -0.2) is 81.7 Å². The summed E-state index contributed by atoms with van der Waals surface area (Å²) in [5, 5.41) is 2.86. The maximum atomic E-state index is 12.6. The second-order valence-electron chi connectivity index (χ2n) is 6.88. The van der Waals surface area contributed by atoms with Gasteiger partial charge in [-0.05, 0) is 38.1 Å². The molecule has 8 nitrogen and oxygen atoms in total. The molecule has 2 aliphatic heterocycles. The zero-order chi connectivity index (χ0) is 19.4. The molecule has 2 aliphatic rings. The van der Waals surface area contributed by atoms with Gasteiger partial charge in [0.1, 0.15) is 0 Å². The van der Waals surface area contributed by atoms with Gasteiger partial charge in [0.05, 0.1) is 36.9 Å². The van der Waals surface area contributed by atoms with Gasteiger partial charge in [-0.15, -0.1) is 0 Å². The first-order chi connectivity index (χ1) is 12.9. The second kappa shape index (κ2) is 8.66. The van der Waals surface area contributed by atoms with Crippen molar-refractivity contribution in [3.8, 4) is 0 Å². The Morgan fingerprint density at radius 3 is 2.44 bits per heavy atom. The minimum absolute atomic E-state index is 0.110. The minimum Gasteiger partial charge on any atom is -0.379 e. The van der Waals surface area contributed by atoms with Crippen molar-refractivity contribution in [1.29, 1.82) is 0 Å². The standard InChI is InChI=1S/C18H27N3O5S/c1-14-13-20(7-12-26-14)15(2)18(22)19-16-3-5-17(6-4-16)27(23,24)21-8-10-25-11-9-21/h3-6,14-15H,7-13H2,1-2H3,(H,19,22)/t14-,15+/m1/s1. The maximum Gasteiger partial charge on any atom is 0.243 e. The Morgan fingerprint density at radius 2 is 1.81 bits per heavy atom. The lowest BCUT2D eigenvalue weighted by molar-refractivity contribution is -0.123. The summed E-state index contributed by atoms with van der Waals surface area (Å²) in [4.78, 5) is 14.8. The Kier molecular flexibility index (Phi) is 6.48. The molecule has 0 unspecified atom stereocenters. The van der Waals surface area contributed by atoms with E-state index in [0.29, 0.717) is 45.1 Å². The number of ether oxygens (including phenoxy) is 2. The van der Waals surface area contributed by atoms with Gasteiger partial charge in [0.15, 0.2) is 0 Å². The fourth-order valence-electron chi connectivity index (χ4n) is 3.26. The molecule has 0 radical (unpaired) electrons. The molecule has 0 bridgehead atoms. The first kappa shape index (κ1) is 20.2. The summed E-state index contributed by atoms with van der Waals surface area (Å²) in [6.07, 6.45) is 0.110.